The third-order valence-electron chi connectivity index (χ3n) is 3.51. The van der Waals surface area contributed by atoms with Crippen molar-refractivity contribution in [2.45, 2.75) is 39.0 Å². The van der Waals surface area contributed by atoms with Gasteiger partial charge in [0.25, 0.3) is 0 Å². The van der Waals surface area contributed by atoms with Crippen molar-refractivity contribution in [2.24, 2.45) is 0 Å². The van der Waals surface area contributed by atoms with E-state index in [4.69, 9.17) is 0 Å². The number of likely N-dealkylation sites (N-methyl/N-ethyl adjacent to an activating group) is 1. The summed E-state index contributed by atoms with van der Waals surface area (Å²) in [7, 11) is 2.03. The van der Waals surface area contributed by atoms with Crippen LogP contribution in [0, 0.1) is 6.92 Å². The van der Waals surface area contributed by atoms with Gasteiger partial charge in [0.05, 0.1) is 0 Å². The number of hydrogen-bond acceptors (Lipinski definition) is 1. The first-order valence-electron chi connectivity index (χ1n) is 6.07. The second-order valence-corrected chi connectivity index (χ2v) is 4.56. The molecule has 0 aliphatic heterocycles. The molecule has 0 saturated carbocycles. The summed E-state index contributed by atoms with van der Waals surface area (Å²) in [4.78, 5) is 0. The van der Waals surface area contributed by atoms with Crippen molar-refractivity contribution in [1.29, 1.82) is 0 Å². The Morgan fingerprint density at radius 2 is 1.87 bits per heavy atom. The van der Waals surface area contributed by atoms with Gasteiger partial charge in [0.1, 0.15) is 0 Å². The Kier molecular flexibility index (Phi) is 3.42. The lowest BCUT2D eigenvalue weighted by atomic mass is 9.84. The van der Waals surface area contributed by atoms with E-state index in [0.717, 1.165) is 6.54 Å². The standard InChI is InChI=1S/C14H21N/c1-11-7-8-12(9-10-15-2)14-6-4-3-5-13(11)14/h7-8,15H,3-6,9-10H2,1-2H3. The van der Waals surface area contributed by atoms with E-state index < -0.39 is 0 Å². The smallest absolute Gasteiger partial charge is 0.00113 e. The van der Waals surface area contributed by atoms with Crippen molar-refractivity contribution in [1.82, 2.24) is 5.32 Å². The Balaban J connectivity index is 2.30. The number of fused-ring (bicyclic) bond motifs is 1. The molecule has 0 spiro atoms. The fourth-order valence-corrected chi connectivity index (χ4v) is 2.62. The number of aryl methyl sites for hydroxylation is 1. The van der Waals surface area contributed by atoms with Crippen LogP contribution in [0.15, 0.2) is 12.1 Å². The molecular formula is C14H21N. The van der Waals surface area contributed by atoms with Crippen LogP contribution in [0.2, 0.25) is 0 Å². The maximum atomic E-state index is 3.24. The van der Waals surface area contributed by atoms with E-state index in [-0.39, 0.29) is 0 Å². The van der Waals surface area contributed by atoms with Crippen LogP contribution in [-0.2, 0) is 19.3 Å². The van der Waals surface area contributed by atoms with Gasteiger partial charge in [-0.3, -0.25) is 0 Å². The molecule has 1 aromatic rings. The van der Waals surface area contributed by atoms with Crippen molar-refractivity contribution in [2.75, 3.05) is 13.6 Å². The minimum atomic E-state index is 1.09. The molecule has 1 N–H and O–H groups in total. The minimum Gasteiger partial charge on any atom is -0.319 e. The van der Waals surface area contributed by atoms with Gasteiger partial charge in [-0.05, 0) is 74.9 Å². The molecule has 0 amide bonds. The molecule has 0 fully saturated rings. The van der Waals surface area contributed by atoms with Crippen molar-refractivity contribution >= 4 is 0 Å². The molecule has 0 atom stereocenters. The molecule has 0 heterocycles. The van der Waals surface area contributed by atoms with Crippen LogP contribution >= 0.6 is 0 Å². The van der Waals surface area contributed by atoms with E-state index in [0.29, 0.717) is 0 Å². The van der Waals surface area contributed by atoms with Gasteiger partial charge in [-0.2, -0.15) is 0 Å². The van der Waals surface area contributed by atoms with Crippen molar-refractivity contribution in [3.8, 4) is 0 Å². The Bertz CT molecular complexity index is 341. The Morgan fingerprint density at radius 1 is 1.13 bits per heavy atom. The fraction of sp³-hybridized carbons (Fsp3) is 0.571. The van der Waals surface area contributed by atoms with Gasteiger partial charge in [0, 0.05) is 0 Å². The zero-order valence-corrected chi connectivity index (χ0v) is 9.90. The molecule has 0 bridgehead atoms. The van der Waals surface area contributed by atoms with Gasteiger partial charge in [-0.15, -0.1) is 0 Å². The molecule has 1 aliphatic rings. The van der Waals surface area contributed by atoms with Crippen molar-refractivity contribution in [3.05, 3.63) is 34.4 Å². The largest absolute Gasteiger partial charge is 0.319 e. The Morgan fingerprint density at radius 3 is 2.60 bits per heavy atom. The highest BCUT2D eigenvalue weighted by molar-refractivity contribution is 5.42. The second kappa shape index (κ2) is 4.80. The third-order valence-corrected chi connectivity index (χ3v) is 3.51. The number of benzene rings is 1. The molecule has 1 aliphatic carbocycles. The van der Waals surface area contributed by atoms with Crippen LogP contribution in [0.25, 0.3) is 0 Å². The summed E-state index contributed by atoms with van der Waals surface area (Å²) in [6.07, 6.45) is 6.54. The molecule has 1 nitrogen and oxygen atoms in total. The van der Waals surface area contributed by atoms with Gasteiger partial charge in [0.2, 0.25) is 0 Å². The maximum absolute atomic E-state index is 3.24. The molecule has 0 unspecified atom stereocenters. The van der Waals surface area contributed by atoms with Crippen LogP contribution in [0.5, 0.6) is 0 Å². The lowest BCUT2D eigenvalue weighted by molar-refractivity contribution is 0.670. The fourth-order valence-electron chi connectivity index (χ4n) is 2.62. The summed E-state index contributed by atoms with van der Waals surface area (Å²) in [5.41, 5.74) is 6.38. The average Bonchev–Trinajstić information content (AvgIpc) is 2.29. The minimum absolute atomic E-state index is 1.09. The predicted molar refractivity (Wildman–Crippen MR) is 65.5 cm³/mol. The van der Waals surface area contributed by atoms with Crippen LogP contribution in [0.1, 0.15) is 35.1 Å². The van der Waals surface area contributed by atoms with Gasteiger partial charge in [-0.25, -0.2) is 0 Å². The summed E-state index contributed by atoms with van der Waals surface area (Å²) < 4.78 is 0. The van der Waals surface area contributed by atoms with Crippen molar-refractivity contribution in [3.63, 3.8) is 0 Å². The van der Waals surface area contributed by atoms with Gasteiger partial charge in [-0.1, -0.05) is 12.1 Å². The molecule has 1 heteroatoms. The van der Waals surface area contributed by atoms with Gasteiger partial charge < -0.3 is 5.32 Å². The van der Waals surface area contributed by atoms with E-state index >= 15 is 0 Å². The van der Waals surface area contributed by atoms with E-state index in [1.165, 1.54) is 37.7 Å². The van der Waals surface area contributed by atoms with Crippen LogP contribution < -0.4 is 5.32 Å². The SMILES string of the molecule is CNCCc1ccc(C)c2c1CCCC2. The lowest BCUT2D eigenvalue weighted by Crippen LogP contribution is -2.14. The first-order chi connectivity index (χ1) is 7.33. The highest BCUT2D eigenvalue weighted by atomic mass is 14.8. The number of nitrogens with one attached hydrogen (secondary N) is 1. The molecule has 1 aromatic carbocycles. The van der Waals surface area contributed by atoms with Crippen LogP contribution in [-0.4, -0.2) is 13.6 Å². The zero-order valence-electron chi connectivity index (χ0n) is 9.90. The van der Waals surface area contributed by atoms with E-state index in [1.54, 1.807) is 16.7 Å². The zero-order chi connectivity index (χ0) is 10.7. The molecule has 0 saturated heterocycles. The number of rotatable bonds is 3. The topological polar surface area (TPSA) is 12.0 Å². The lowest BCUT2D eigenvalue weighted by Gasteiger charge is -2.21. The average molecular weight is 203 g/mol. The first kappa shape index (κ1) is 10.7. The molecule has 15 heavy (non-hydrogen) atoms. The molecule has 82 valence electrons. The van der Waals surface area contributed by atoms with Crippen LogP contribution in [0.3, 0.4) is 0 Å². The predicted octanol–water partition coefficient (Wildman–Crippen LogP) is 2.64. The Labute approximate surface area is 92.9 Å². The normalized spacial score (nSPS) is 15.1. The van der Waals surface area contributed by atoms with Gasteiger partial charge >= 0.3 is 0 Å². The summed E-state index contributed by atoms with van der Waals surface area (Å²) in [6.45, 7) is 3.35. The molecule has 0 aromatic heterocycles. The van der Waals surface area contributed by atoms with E-state index in [2.05, 4.69) is 24.4 Å². The quantitative estimate of drug-likeness (QED) is 0.796. The second-order valence-electron chi connectivity index (χ2n) is 4.56. The maximum Gasteiger partial charge on any atom is -0.00113 e. The van der Waals surface area contributed by atoms with Gasteiger partial charge in [0.15, 0.2) is 0 Å². The Hall–Kier alpha value is -0.820. The number of hydrogen-bond donors (Lipinski definition) is 1. The molecule has 0 radical (unpaired) electrons. The summed E-state index contributed by atoms with van der Waals surface area (Å²) in [5, 5.41) is 3.24. The highest BCUT2D eigenvalue weighted by Gasteiger charge is 2.14. The summed E-state index contributed by atoms with van der Waals surface area (Å²) in [5.74, 6) is 0. The van der Waals surface area contributed by atoms with E-state index in [1.807, 2.05) is 7.05 Å². The summed E-state index contributed by atoms with van der Waals surface area (Å²) >= 11 is 0. The first-order valence-corrected chi connectivity index (χ1v) is 6.07. The highest BCUT2D eigenvalue weighted by Crippen LogP contribution is 2.27. The monoisotopic (exact) mass is 203 g/mol. The third kappa shape index (κ3) is 2.23. The van der Waals surface area contributed by atoms with E-state index in [9.17, 15) is 0 Å². The van der Waals surface area contributed by atoms with Crippen LogP contribution in [0.4, 0.5) is 0 Å². The van der Waals surface area contributed by atoms with Crippen molar-refractivity contribution < 1.29 is 0 Å². The molecular weight excluding hydrogens is 182 g/mol. The molecule has 2 rings (SSSR count). The summed E-state index contributed by atoms with van der Waals surface area (Å²) in [6, 6.07) is 4.63.